The maximum absolute atomic E-state index is 14.2. The molecule has 1 aliphatic heterocycles. The Bertz CT molecular complexity index is 1040. The molecule has 0 radical (unpaired) electrons. The lowest BCUT2D eigenvalue weighted by Gasteiger charge is -2.21. The highest BCUT2D eigenvalue weighted by Crippen LogP contribution is 2.34. The van der Waals surface area contributed by atoms with Crippen molar-refractivity contribution in [1.82, 2.24) is 9.97 Å². The molecule has 0 fully saturated rings. The molecule has 6 nitrogen and oxygen atoms in total. The predicted octanol–water partition coefficient (Wildman–Crippen LogP) is 2.17. The second-order valence-corrected chi connectivity index (χ2v) is 6.72. The zero-order valence-corrected chi connectivity index (χ0v) is 14.2. The highest BCUT2D eigenvalue weighted by atomic mass is 32.1. The number of fused-ring (bicyclic) bond motifs is 1. The molecule has 0 bridgehead atoms. The SMILES string of the molecule is CN1C(=O)C(c2ccc(F)cc2F)C(=O)[n+]2cc(-c3cncnc3)sc21. The van der Waals surface area contributed by atoms with Crippen LogP contribution in [0.2, 0.25) is 0 Å². The van der Waals surface area contributed by atoms with Gasteiger partial charge in [-0.15, -0.1) is 0 Å². The summed E-state index contributed by atoms with van der Waals surface area (Å²) in [4.78, 5) is 35.4. The van der Waals surface area contributed by atoms with E-state index in [4.69, 9.17) is 0 Å². The second-order valence-electron chi connectivity index (χ2n) is 5.71. The smallest absolute Gasteiger partial charge is 0.245 e. The minimum absolute atomic E-state index is 0.151. The molecule has 2 aromatic heterocycles. The van der Waals surface area contributed by atoms with Gasteiger partial charge in [0, 0.05) is 29.6 Å². The lowest BCUT2D eigenvalue weighted by molar-refractivity contribution is -0.558. The van der Waals surface area contributed by atoms with E-state index in [1.807, 2.05) is 0 Å². The van der Waals surface area contributed by atoms with Gasteiger partial charge < -0.3 is 0 Å². The van der Waals surface area contributed by atoms with Crippen LogP contribution in [0.1, 0.15) is 16.3 Å². The predicted molar refractivity (Wildman–Crippen MR) is 88.7 cm³/mol. The number of aromatic nitrogens is 3. The summed E-state index contributed by atoms with van der Waals surface area (Å²) in [5.41, 5.74) is 0.541. The third kappa shape index (κ3) is 2.48. The standard InChI is InChI=1S/C17H11F2N4O2S/c1-22-15(24)14(11-3-2-10(18)4-12(11)19)16(25)23-7-13(26-17(22)23)9-5-20-8-21-6-9/h2-8,14H,1H3/q+1. The molecular formula is C17H11F2N4O2S+. The molecule has 26 heavy (non-hydrogen) atoms. The van der Waals surface area contributed by atoms with Gasteiger partial charge in [0.05, 0.1) is 11.9 Å². The first-order chi connectivity index (χ1) is 12.5. The van der Waals surface area contributed by atoms with Crippen molar-refractivity contribution in [2.45, 2.75) is 5.92 Å². The Morgan fingerprint density at radius 2 is 1.92 bits per heavy atom. The van der Waals surface area contributed by atoms with E-state index in [0.717, 1.165) is 12.1 Å². The molecule has 1 aliphatic rings. The van der Waals surface area contributed by atoms with Crippen LogP contribution in [0.25, 0.3) is 10.4 Å². The number of thiazole rings is 1. The molecular weight excluding hydrogens is 362 g/mol. The molecule has 0 aliphatic carbocycles. The quantitative estimate of drug-likeness (QED) is 0.510. The Balaban J connectivity index is 1.83. The Labute approximate surface area is 150 Å². The highest BCUT2D eigenvalue weighted by molar-refractivity contribution is 7.18. The van der Waals surface area contributed by atoms with E-state index in [1.165, 1.54) is 34.2 Å². The molecule has 1 amide bonds. The van der Waals surface area contributed by atoms with E-state index < -0.39 is 29.4 Å². The molecule has 0 saturated carbocycles. The number of rotatable bonds is 2. The number of anilines is 1. The van der Waals surface area contributed by atoms with Crippen molar-refractivity contribution < 1.29 is 22.9 Å². The van der Waals surface area contributed by atoms with E-state index in [2.05, 4.69) is 9.97 Å². The number of carbonyl (C=O) groups is 2. The summed E-state index contributed by atoms with van der Waals surface area (Å²) >= 11 is 1.22. The first-order valence-corrected chi connectivity index (χ1v) is 8.36. The van der Waals surface area contributed by atoms with Crippen LogP contribution in [-0.2, 0) is 4.79 Å². The molecule has 0 saturated heterocycles. The third-order valence-electron chi connectivity index (χ3n) is 4.12. The highest BCUT2D eigenvalue weighted by Gasteiger charge is 2.48. The number of carbonyl (C=O) groups excluding carboxylic acids is 2. The molecule has 3 aromatic rings. The molecule has 0 N–H and O–H groups in total. The van der Waals surface area contributed by atoms with Crippen molar-refractivity contribution in [2.24, 2.45) is 0 Å². The summed E-state index contributed by atoms with van der Waals surface area (Å²) in [6.45, 7) is 0. The fraction of sp³-hybridized carbons (Fsp3) is 0.118. The topological polar surface area (TPSA) is 67.0 Å². The summed E-state index contributed by atoms with van der Waals surface area (Å²) in [7, 11) is 1.51. The van der Waals surface area contributed by atoms with Crippen LogP contribution in [-0.4, -0.2) is 28.8 Å². The fourth-order valence-corrected chi connectivity index (χ4v) is 3.87. The summed E-state index contributed by atoms with van der Waals surface area (Å²) in [5, 5.41) is 0.401. The van der Waals surface area contributed by atoms with E-state index in [1.54, 1.807) is 18.6 Å². The lowest BCUT2D eigenvalue weighted by Crippen LogP contribution is -2.57. The van der Waals surface area contributed by atoms with Crippen LogP contribution in [0.15, 0.2) is 43.1 Å². The Morgan fingerprint density at radius 1 is 1.19 bits per heavy atom. The lowest BCUT2D eigenvalue weighted by atomic mass is 9.95. The van der Waals surface area contributed by atoms with Crippen molar-refractivity contribution in [3.63, 3.8) is 0 Å². The number of nitrogens with zero attached hydrogens (tertiary/aromatic N) is 4. The van der Waals surface area contributed by atoms with Crippen LogP contribution in [0.4, 0.5) is 13.9 Å². The maximum Gasteiger partial charge on any atom is 0.351 e. The minimum atomic E-state index is -1.37. The summed E-state index contributed by atoms with van der Waals surface area (Å²) in [6, 6.07) is 2.82. The maximum atomic E-state index is 14.2. The number of hydrogen-bond donors (Lipinski definition) is 0. The van der Waals surface area contributed by atoms with Gasteiger partial charge in [0.1, 0.15) is 24.2 Å². The van der Waals surface area contributed by atoms with E-state index in [0.29, 0.717) is 21.6 Å². The third-order valence-corrected chi connectivity index (χ3v) is 5.34. The summed E-state index contributed by atoms with van der Waals surface area (Å²) in [6.07, 6.45) is 6.14. The number of halogens is 2. The first kappa shape index (κ1) is 16.4. The molecule has 1 atom stereocenters. The zero-order valence-electron chi connectivity index (χ0n) is 13.4. The van der Waals surface area contributed by atoms with E-state index in [9.17, 15) is 18.4 Å². The molecule has 130 valence electrons. The van der Waals surface area contributed by atoms with E-state index >= 15 is 0 Å². The number of amides is 1. The average molecular weight is 373 g/mol. The Hall–Kier alpha value is -3.07. The molecule has 3 heterocycles. The van der Waals surface area contributed by atoms with Gasteiger partial charge in [0.25, 0.3) is 0 Å². The molecule has 4 rings (SSSR count). The van der Waals surface area contributed by atoms with Gasteiger partial charge in [-0.2, -0.15) is 9.47 Å². The fourth-order valence-electron chi connectivity index (χ4n) is 2.83. The van der Waals surface area contributed by atoms with Crippen LogP contribution >= 0.6 is 11.3 Å². The minimum Gasteiger partial charge on any atom is -0.245 e. The van der Waals surface area contributed by atoms with Crippen molar-refractivity contribution in [2.75, 3.05) is 11.9 Å². The number of likely N-dealkylation sites (N-methyl/N-ethyl adjacent to an activating group) is 1. The van der Waals surface area contributed by atoms with Crippen LogP contribution in [0.5, 0.6) is 0 Å². The molecule has 9 heteroatoms. The van der Waals surface area contributed by atoms with Gasteiger partial charge in [-0.1, -0.05) is 6.07 Å². The summed E-state index contributed by atoms with van der Waals surface area (Å²) < 4.78 is 28.7. The van der Waals surface area contributed by atoms with Gasteiger partial charge >= 0.3 is 16.9 Å². The van der Waals surface area contributed by atoms with Crippen molar-refractivity contribution >= 4 is 28.3 Å². The van der Waals surface area contributed by atoms with E-state index in [-0.39, 0.29) is 5.56 Å². The van der Waals surface area contributed by atoms with Crippen LogP contribution in [0, 0.1) is 11.6 Å². The zero-order chi connectivity index (χ0) is 18.4. The largest absolute Gasteiger partial charge is 0.351 e. The Kier molecular flexibility index (Phi) is 3.80. The van der Waals surface area contributed by atoms with Crippen molar-refractivity contribution in [1.29, 1.82) is 0 Å². The van der Waals surface area contributed by atoms with Crippen LogP contribution < -0.4 is 9.47 Å². The number of benzene rings is 1. The van der Waals surface area contributed by atoms with Gasteiger partial charge in [0.15, 0.2) is 5.92 Å². The molecule has 1 unspecified atom stereocenters. The van der Waals surface area contributed by atoms with Crippen LogP contribution in [0.3, 0.4) is 0 Å². The van der Waals surface area contributed by atoms with Gasteiger partial charge in [-0.25, -0.2) is 28.3 Å². The normalized spacial score (nSPS) is 16.7. The number of hydrogen-bond acceptors (Lipinski definition) is 5. The molecule has 0 spiro atoms. The monoisotopic (exact) mass is 373 g/mol. The van der Waals surface area contributed by atoms with Gasteiger partial charge in [0.2, 0.25) is 0 Å². The van der Waals surface area contributed by atoms with Crippen molar-refractivity contribution in [3.8, 4) is 10.4 Å². The average Bonchev–Trinajstić information content (AvgIpc) is 3.08. The summed E-state index contributed by atoms with van der Waals surface area (Å²) in [5.74, 6) is -4.23. The van der Waals surface area contributed by atoms with Gasteiger partial charge in [-0.05, 0) is 17.4 Å². The molecule has 1 aromatic carbocycles. The van der Waals surface area contributed by atoms with Crippen molar-refractivity contribution in [3.05, 3.63) is 60.3 Å². The van der Waals surface area contributed by atoms with Gasteiger partial charge in [-0.3, -0.25) is 0 Å². The second kappa shape index (κ2) is 6.03. The Morgan fingerprint density at radius 3 is 2.62 bits per heavy atom. The first-order valence-electron chi connectivity index (χ1n) is 7.55.